The minimum atomic E-state index is -3.98. The summed E-state index contributed by atoms with van der Waals surface area (Å²) < 4.78 is 21.9. The van der Waals surface area contributed by atoms with Crippen molar-refractivity contribution in [2.75, 3.05) is 0 Å². The van der Waals surface area contributed by atoms with Crippen molar-refractivity contribution in [1.29, 1.82) is 0 Å². The minimum absolute atomic E-state index is 0.0885. The largest absolute Gasteiger partial charge is 0.364 e. The Bertz CT molecular complexity index is 486. The molecule has 14 heavy (non-hydrogen) atoms. The zero-order valence-corrected chi connectivity index (χ0v) is 8.95. The molecule has 0 aliphatic rings. The van der Waals surface area contributed by atoms with Crippen molar-refractivity contribution in [2.45, 2.75) is 4.90 Å². The number of nitro groups is 1. The third kappa shape index (κ3) is 2.25. The van der Waals surface area contributed by atoms with Gasteiger partial charge in [-0.2, -0.15) is 0 Å². The summed E-state index contributed by atoms with van der Waals surface area (Å²) in [4.78, 5) is 12.5. The Morgan fingerprint density at radius 3 is 2.57 bits per heavy atom. The monoisotopic (exact) mass is 281 g/mol. The van der Waals surface area contributed by atoms with Crippen LogP contribution in [0.4, 0.5) is 5.82 Å². The van der Waals surface area contributed by atoms with E-state index in [9.17, 15) is 18.5 Å². The molecule has 76 valence electrons. The van der Waals surface area contributed by atoms with Crippen LogP contribution in [0.3, 0.4) is 0 Å². The molecule has 9 heteroatoms. The summed E-state index contributed by atoms with van der Waals surface area (Å²) in [7, 11) is -3.98. The summed E-state index contributed by atoms with van der Waals surface area (Å²) in [5.74, 6) is -0.572. The lowest BCUT2D eigenvalue weighted by atomic mass is 10.5. The smallest absolute Gasteiger partial charge is 0.358 e. The normalized spacial score (nSPS) is 11.3. The maximum Gasteiger partial charge on any atom is 0.364 e. The van der Waals surface area contributed by atoms with Gasteiger partial charge in [-0.05, 0) is 25.8 Å². The molecule has 2 N–H and O–H groups in total. The van der Waals surface area contributed by atoms with E-state index in [-0.39, 0.29) is 9.37 Å². The van der Waals surface area contributed by atoms with Crippen LogP contribution in [0.25, 0.3) is 0 Å². The molecule has 0 spiro atoms. The van der Waals surface area contributed by atoms with Gasteiger partial charge in [-0.1, -0.05) is 0 Å². The summed E-state index contributed by atoms with van der Waals surface area (Å²) in [6.07, 6.45) is 1.01. The van der Waals surface area contributed by atoms with Crippen LogP contribution in [-0.4, -0.2) is 18.3 Å². The summed E-state index contributed by atoms with van der Waals surface area (Å²) in [6.45, 7) is 0. The number of sulfonamides is 1. The molecule has 1 rings (SSSR count). The van der Waals surface area contributed by atoms with Gasteiger partial charge in [0, 0.05) is 0 Å². The van der Waals surface area contributed by atoms with Gasteiger partial charge in [0.05, 0.1) is 10.5 Å². The van der Waals surface area contributed by atoms with E-state index in [1.165, 1.54) is 0 Å². The lowest BCUT2D eigenvalue weighted by Gasteiger charge is -1.99. The highest BCUT2D eigenvalue weighted by Gasteiger charge is 2.19. The molecular weight excluding hydrogens is 278 g/mol. The molecule has 1 aromatic rings. The SMILES string of the molecule is NS(=O)(=O)c1cc([N+](=O)[O-])ncc1Br. The summed E-state index contributed by atoms with van der Waals surface area (Å²) >= 11 is 2.87. The molecule has 0 bridgehead atoms. The van der Waals surface area contributed by atoms with Crippen molar-refractivity contribution in [3.63, 3.8) is 0 Å². The van der Waals surface area contributed by atoms with Crippen molar-refractivity contribution < 1.29 is 13.3 Å². The first-order valence-corrected chi connectivity index (χ1v) is 5.49. The Balaban J connectivity index is 3.44. The van der Waals surface area contributed by atoms with Crippen LogP contribution in [0.1, 0.15) is 0 Å². The highest BCUT2D eigenvalue weighted by molar-refractivity contribution is 9.10. The van der Waals surface area contributed by atoms with Crippen molar-refractivity contribution >= 4 is 31.8 Å². The highest BCUT2D eigenvalue weighted by atomic mass is 79.9. The van der Waals surface area contributed by atoms with Gasteiger partial charge in [0.25, 0.3) is 0 Å². The van der Waals surface area contributed by atoms with E-state index in [2.05, 4.69) is 20.9 Å². The molecule has 1 aromatic heterocycles. The molecule has 0 aliphatic carbocycles. The molecule has 0 aliphatic heterocycles. The zero-order chi connectivity index (χ0) is 10.9. The maximum absolute atomic E-state index is 10.9. The topological polar surface area (TPSA) is 116 Å². The predicted molar refractivity (Wildman–Crippen MR) is 50.0 cm³/mol. The first-order valence-electron chi connectivity index (χ1n) is 3.15. The van der Waals surface area contributed by atoms with Gasteiger partial charge in [0.15, 0.2) is 6.20 Å². The Hall–Kier alpha value is -1.06. The quantitative estimate of drug-likeness (QED) is 0.622. The van der Waals surface area contributed by atoms with Crippen LogP contribution in [-0.2, 0) is 10.0 Å². The van der Waals surface area contributed by atoms with Gasteiger partial charge in [-0.3, -0.25) is 0 Å². The number of pyridine rings is 1. The molecule has 0 saturated carbocycles. The fraction of sp³-hybridized carbons (Fsp3) is 0. The third-order valence-electron chi connectivity index (χ3n) is 1.30. The van der Waals surface area contributed by atoms with E-state index in [0.717, 1.165) is 12.3 Å². The van der Waals surface area contributed by atoms with E-state index < -0.39 is 20.8 Å². The standard InChI is InChI=1S/C5H4BrN3O4S/c6-3-2-8-5(9(10)11)1-4(3)14(7,12)13/h1-2H,(H2,7,12,13). The fourth-order valence-corrected chi connectivity index (χ4v) is 2.22. The first-order chi connectivity index (χ1) is 6.32. The number of rotatable bonds is 2. The van der Waals surface area contributed by atoms with Crippen LogP contribution in [0.5, 0.6) is 0 Å². The number of nitrogens with two attached hydrogens (primary N) is 1. The van der Waals surface area contributed by atoms with Crippen molar-refractivity contribution in [3.8, 4) is 0 Å². The van der Waals surface area contributed by atoms with Crippen LogP contribution < -0.4 is 5.14 Å². The summed E-state index contributed by atoms with van der Waals surface area (Å²) in [5, 5.41) is 15.1. The first kappa shape index (κ1) is 11.0. The van der Waals surface area contributed by atoms with Crippen molar-refractivity contribution in [2.24, 2.45) is 5.14 Å². The van der Waals surface area contributed by atoms with E-state index in [1.807, 2.05) is 0 Å². The molecule has 0 fully saturated rings. The molecule has 1 heterocycles. The van der Waals surface area contributed by atoms with Crippen LogP contribution in [0, 0.1) is 10.1 Å². The molecular formula is C5H4BrN3O4S. The molecule has 0 amide bonds. The zero-order valence-electron chi connectivity index (χ0n) is 6.55. The van der Waals surface area contributed by atoms with Gasteiger partial charge >= 0.3 is 5.82 Å². The van der Waals surface area contributed by atoms with Crippen LogP contribution >= 0.6 is 15.9 Å². The average Bonchev–Trinajstić information content (AvgIpc) is 2.02. The molecule has 7 nitrogen and oxygen atoms in total. The lowest BCUT2D eigenvalue weighted by molar-refractivity contribution is -0.389. The molecule has 0 unspecified atom stereocenters. The van der Waals surface area contributed by atoms with Gasteiger partial charge in [-0.25, -0.2) is 13.6 Å². The Morgan fingerprint density at radius 2 is 2.14 bits per heavy atom. The Labute approximate surface area is 87.3 Å². The number of hydrogen-bond donors (Lipinski definition) is 1. The number of aromatic nitrogens is 1. The molecule has 0 radical (unpaired) electrons. The molecule has 0 atom stereocenters. The second kappa shape index (κ2) is 3.59. The fourth-order valence-electron chi connectivity index (χ4n) is 0.728. The highest BCUT2D eigenvalue weighted by Crippen LogP contribution is 2.22. The third-order valence-corrected chi connectivity index (χ3v) is 3.14. The Morgan fingerprint density at radius 1 is 1.57 bits per heavy atom. The van der Waals surface area contributed by atoms with Crippen molar-refractivity contribution in [3.05, 3.63) is 26.9 Å². The Kier molecular flexibility index (Phi) is 2.83. The van der Waals surface area contributed by atoms with Gasteiger partial charge < -0.3 is 10.1 Å². The molecule has 0 aromatic carbocycles. The van der Waals surface area contributed by atoms with Crippen LogP contribution in [0.2, 0.25) is 0 Å². The van der Waals surface area contributed by atoms with E-state index in [1.54, 1.807) is 0 Å². The lowest BCUT2D eigenvalue weighted by Crippen LogP contribution is -2.13. The van der Waals surface area contributed by atoms with Gasteiger partial charge in [-0.15, -0.1) is 0 Å². The van der Waals surface area contributed by atoms with E-state index in [4.69, 9.17) is 5.14 Å². The minimum Gasteiger partial charge on any atom is -0.358 e. The van der Waals surface area contributed by atoms with Gasteiger partial charge in [0.1, 0.15) is 4.90 Å². The molecule has 0 saturated heterocycles. The van der Waals surface area contributed by atoms with E-state index in [0.29, 0.717) is 0 Å². The number of hydrogen-bond acceptors (Lipinski definition) is 5. The summed E-state index contributed by atoms with van der Waals surface area (Å²) in [5.41, 5.74) is 0. The number of nitrogens with zero attached hydrogens (tertiary/aromatic N) is 2. The number of primary sulfonamides is 1. The summed E-state index contributed by atoms with van der Waals surface area (Å²) in [6, 6.07) is 0.791. The van der Waals surface area contributed by atoms with Crippen LogP contribution in [0.15, 0.2) is 21.6 Å². The second-order valence-electron chi connectivity index (χ2n) is 2.28. The van der Waals surface area contributed by atoms with Crippen molar-refractivity contribution in [1.82, 2.24) is 4.98 Å². The second-order valence-corrected chi connectivity index (χ2v) is 4.66. The average molecular weight is 282 g/mol. The maximum atomic E-state index is 10.9. The van der Waals surface area contributed by atoms with E-state index >= 15 is 0 Å². The number of halogens is 1. The predicted octanol–water partition coefficient (Wildman–Crippen LogP) is 0.400. The van der Waals surface area contributed by atoms with Gasteiger partial charge in [0.2, 0.25) is 10.0 Å².